The summed E-state index contributed by atoms with van der Waals surface area (Å²) in [5, 5.41) is 0.788. The predicted molar refractivity (Wildman–Crippen MR) is 78.9 cm³/mol. The number of amides is 1. The first kappa shape index (κ1) is 13.9. The van der Waals surface area contributed by atoms with Crippen LogP contribution in [0.3, 0.4) is 0 Å². The Morgan fingerprint density at radius 3 is 2.65 bits per heavy atom. The van der Waals surface area contributed by atoms with Gasteiger partial charge in [0.1, 0.15) is 11.3 Å². The van der Waals surface area contributed by atoms with Crippen molar-refractivity contribution in [1.82, 2.24) is 5.43 Å². The van der Waals surface area contributed by atoms with Gasteiger partial charge in [-0.15, -0.1) is 0 Å². The molecular weight excluding hydrogens is 258 g/mol. The van der Waals surface area contributed by atoms with Gasteiger partial charge >= 0.3 is 5.63 Å². The summed E-state index contributed by atoms with van der Waals surface area (Å²) < 4.78 is 5.27. The number of nitrogens with one attached hydrogen (secondary N) is 2. The lowest BCUT2D eigenvalue weighted by molar-refractivity contribution is -0.109. The Balaban J connectivity index is 2.44. The minimum absolute atomic E-state index is 0.195. The normalized spacial score (nSPS) is 10.3. The smallest absolute Gasteiger partial charge is 0.361 e. The van der Waals surface area contributed by atoms with E-state index in [4.69, 9.17) is 4.42 Å². The second-order valence-electron chi connectivity index (χ2n) is 4.23. The van der Waals surface area contributed by atoms with Crippen molar-refractivity contribution in [2.45, 2.75) is 13.8 Å². The van der Waals surface area contributed by atoms with Crippen molar-refractivity contribution < 1.29 is 9.21 Å². The molecule has 2 N–H and O–H groups in total. The molecule has 6 heteroatoms. The molecule has 0 saturated carbocycles. The van der Waals surface area contributed by atoms with E-state index in [0.717, 1.165) is 24.2 Å². The van der Waals surface area contributed by atoms with Gasteiger partial charge in [-0.05, 0) is 32.0 Å². The van der Waals surface area contributed by atoms with Crippen molar-refractivity contribution in [3.05, 3.63) is 34.7 Å². The molecule has 6 nitrogen and oxygen atoms in total. The molecule has 2 aromatic rings. The van der Waals surface area contributed by atoms with E-state index in [1.54, 1.807) is 6.07 Å². The minimum Gasteiger partial charge on any atom is -0.421 e. The molecule has 0 fully saturated rings. The summed E-state index contributed by atoms with van der Waals surface area (Å²) >= 11 is 0. The van der Waals surface area contributed by atoms with E-state index in [1.807, 2.05) is 18.2 Å². The summed E-state index contributed by atoms with van der Waals surface area (Å²) in [5.74, 6) is 0. The number of hydrazine groups is 1. The average molecular weight is 275 g/mol. The van der Waals surface area contributed by atoms with Crippen molar-refractivity contribution in [1.29, 1.82) is 0 Å². The van der Waals surface area contributed by atoms with Gasteiger partial charge in [0.05, 0.1) is 0 Å². The first-order valence-corrected chi connectivity index (χ1v) is 6.47. The van der Waals surface area contributed by atoms with Crippen molar-refractivity contribution in [2.75, 3.05) is 23.4 Å². The maximum atomic E-state index is 11.8. The summed E-state index contributed by atoms with van der Waals surface area (Å²) in [6.45, 7) is 5.91. The molecule has 20 heavy (non-hydrogen) atoms. The zero-order valence-corrected chi connectivity index (χ0v) is 11.5. The molecule has 1 amide bonds. The standard InChI is InChI=1S/C14H17N3O3/c1-3-17(4-2)11-6-5-10-7-12(16-15-9-18)14(19)20-13(10)8-11/h5-9,16H,3-4H2,1-2H3,(H,15,18). The lowest BCUT2D eigenvalue weighted by atomic mass is 10.2. The van der Waals surface area contributed by atoms with Gasteiger partial charge in [0.2, 0.25) is 6.41 Å². The Morgan fingerprint density at radius 2 is 2.00 bits per heavy atom. The second kappa shape index (κ2) is 6.10. The number of anilines is 2. The number of hydrogen-bond donors (Lipinski definition) is 2. The van der Waals surface area contributed by atoms with Crippen LogP contribution in [0.5, 0.6) is 0 Å². The molecule has 0 spiro atoms. The third-order valence-electron chi connectivity index (χ3n) is 3.11. The van der Waals surface area contributed by atoms with Gasteiger partial charge in [0, 0.05) is 30.2 Å². The number of fused-ring (bicyclic) bond motifs is 1. The highest BCUT2D eigenvalue weighted by molar-refractivity contribution is 5.83. The van der Waals surface area contributed by atoms with Crippen molar-refractivity contribution >= 4 is 28.8 Å². The average Bonchev–Trinajstić information content (AvgIpc) is 2.46. The van der Waals surface area contributed by atoms with E-state index < -0.39 is 5.63 Å². The van der Waals surface area contributed by atoms with Crippen LogP contribution in [0.4, 0.5) is 11.4 Å². The van der Waals surface area contributed by atoms with Crippen LogP contribution in [0.1, 0.15) is 13.8 Å². The van der Waals surface area contributed by atoms with E-state index >= 15 is 0 Å². The Bertz CT molecular complexity index is 662. The van der Waals surface area contributed by atoms with Gasteiger partial charge in [0.15, 0.2) is 0 Å². The molecule has 0 aliphatic rings. The molecule has 0 radical (unpaired) electrons. The van der Waals surface area contributed by atoms with Gasteiger partial charge in [0.25, 0.3) is 0 Å². The quantitative estimate of drug-likeness (QED) is 0.477. The fourth-order valence-corrected chi connectivity index (χ4v) is 2.08. The Morgan fingerprint density at radius 1 is 1.25 bits per heavy atom. The van der Waals surface area contributed by atoms with Crippen LogP contribution in [0.2, 0.25) is 0 Å². The molecule has 0 atom stereocenters. The Labute approximate surface area is 116 Å². The molecule has 1 heterocycles. The van der Waals surface area contributed by atoms with Gasteiger partial charge in [-0.25, -0.2) is 4.79 Å². The largest absolute Gasteiger partial charge is 0.421 e. The fourth-order valence-electron chi connectivity index (χ4n) is 2.08. The van der Waals surface area contributed by atoms with Gasteiger partial charge in [-0.1, -0.05) is 0 Å². The number of carbonyl (C=O) groups is 1. The van der Waals surface area contributed by atoms with Gasteiger partial charge < -0.3 is 9.32 Å². The summed E-state index contributed by atoms with van der Waals surface area (Å²) in [4.78, 5) is 24.2. The topological polar surface area (TPSA) is 74.6 Å². The zero-order chi connectivity index (χ0) is 14.5. The molecule has 0 unspecified atom stereocenters. The lowest BCUT2D eigenvalue weighted by Gasteiger charge is -2.21. The molecule has 1 aromatic heterocycles. The van der Waals surface area contributed by atoms with Crippen LogP contribution < -0.4 is 21.4 Å². The summed E-state index contributed by atoms with van der Waals surface area (Å²) in [6.07, 6.45) is 0.451. The summed E-state index contributed by atoms with van der Waals surface area (Å²) in [7, 11) is 0. The van der Waals surface area contributed by atoms with Crippen molar-refractivity contribution in [2.24, 2.45) is 0 Å². The molecule has 0 saturated heterocycles. The SMILES string of the molecule is CCN(CC)c1ccc2cc(NNC=O)c(=O)oc2c1. The summed E-state index contributed by atoms with van der Waals surface area (Å²) in [5.41, 5.74) is 5.90. The molecular formula is C14H17N3O3. The number of nitrogens with zero attached hydrogens (tertiary/aromatic N) is 1. The zero-order valence-electron chi connectivity index (χ0n) is 11.5. The number of rotatable bonds is 6. The Hall–Kier alpha value is -2.50. The first-order chi connectivity index (χ1) is 9.69. The minimum atomic E-state index is -0.524. The van der Waals surface area contributed by atoms with Gasteiger partial charge in [-0.2, -0.15) is 0 Å². The number of benzene rings is 1. The van der Waals surface area contributed by atoms with E-state index in [9.17, 15) is 9.59 Å². The van der Waals surface area contributed by atoms with E-state index in [2.05, 4.69) is 29.6 Å². The molecule has 0 bridgehead atoms. The fraction of sp³-hybridized carbons (Fsp3) is 0.286. The third-order valence-corrected chi connectivity index (χ3v) is 3.11. The molecule has 1 aromatic carbocycles. The predicted octanol–water partition coefficient (Wildman–Crippen LogP) is 1.71. The lowest BCUT2D eigenvalue weighted by Crippen LogP contribution is -2.23. The highest BCUT2D eigenvalue weighted by Crippen LogP contribution is 2.22. The molecule has 106 valence electrons. The van der Waals surface area contributed by atoms with Crippen LogP contribution in [0.25, 0.3) is 11.0 Å². The van der Waals surface area contributed by atoms with Crippen LogP contribution >= 0.6 is 0 Å². The summed E-state index contributed by atoms with van der Waals surface area (Å²) in [6, 6.07) is 7.36. The van der Waals surface area contributed by atoms with E-state index in [1.165, 1.54) is 0 Å². The molecule has 2 rings (SSSR count). The van der Waals surface area contributed by atoms with E-state index in [-0.39, 0.29) is 5.69 Å². The maximum absolute atomic E-state index is 11.8. The first-order valence-electron chi connectivity index (χ1n) is 6.47. The van der Waals surface area contributed by atoms with Gasteiger partial charge in [-0.3, -0.25) is 15.6 Å². The van der Waals surface area contributed by atoms with Crippen LogP contribution in [-0.2, 0) is 4.79 Å². The third kappa shape index (κ3) is 2.74. The molecule has 0 aliphatic carbocycles. The highest BCUT2D eigenvalue weighted by Gasteiger charge is 2.08. The maximum Gasteiger partial charge on any atom is 0.361 e. The highest BCUT2D eigenvalue weighted by atomic mass is 16.4. The molecule has 0 aliphatic heterocycles. The Kier molecular flexibility index (Phi) is 4.24. The van der Waals surface area contributed by atoms with Crippen molar-refractivity contribution in [3.8, 4) is 0 Å². The van der Waals surface area contributed by atoms with E-state index in [0.29, 0.717) is 12.0 Å². The number of hydrogen-bond acceptors (Lipinski definition) is 5. The van der Waals surface area contributed by atoms with Crippen molar-refractivity contribution in [3.63, 3.8) is 0 Å². The monoisotopic (exact) mass is 275 g/mol. The van der Waals surface area contributed by atoms with Crippen LogP contribution in [0.15, 0.2) is 33.5 Å². The number of carbonyl (C=O) groups excluding carboxylic acids is 1. The van der Waals surface area contributed by atoms with Crippen LogP contribution in [0, 0.1) is 0 Å². The second-order valence-corrected chi connectivity index (χ2v) is 4.23. The van der Waals surface area contributed by atoms with Crippen LogP contribution in [-0.4, -0.2) is 19.5 Å².